The van der Waals surface area contributed by atoms with Gasteiger partial charge in [0, 0.05) is 26.0 Å². The molecule has 1 atom stereocenters. The zero-order chi connectivity index (χ0) is 19.8. The molecule has 0 saturated carbocycles. The van der Waals surface area contributed by atoms with E-state index in [-0.39, 0.29) is 30.6 Å². The number of rotatable bonds is 10. The zero-order valence-corrected chi connectivity index (χ0v) is 16.8. The monoisotopic (exact) mass is 403 g/mol. The van der Waals surface area contributed by atoms with Crippen molar-refractivity contribution in [2.45, 2.75) is 38.3 Å². The molecule has 28 heavy (non-hydrogen) atoms. The molecule has 1 aromatic carbocycles. The average molecular weight is 404 g/mol. The minimum atomic E-state index is -0.150. The highest BCUT2D eigenvalue weighted by molar-refractivity contribution is 7.12. The van der Waals surface area contributed by atoms with Crippen LogP contribution in [0.25, 0.3) is 0 Å². The van der Waals surface area contributed by atoms with E-state index in [9.17, 15) is 9.59 Å². The van der Waals surface area contributed by atoms with E-state index in [0.717, 1.165) is 25.0 Å². The lowest BCUT2D eigenvalue weighted by Gasteiger charge is -2.15. The van der Waals surface area contributed by atoms with Crippen LogP contribution in [-0.2, 0) is 16.1 Å². The van der Waals surface area contributed by atoms with Crippen LogP contribution in [-0.4, -0.2) is 38.1 Å². The van der Waals surface area contributed by atoms with Gasteiger partial charge in [-0.3, -0.25) is 9.59 Å². The highest BCUT2D eigenvalue weighted by Gasteiger charge is 2.17. The molecule has 2 heterocycles. The van der Waals surface area contributed by atoms with Crippen LogP contribution in [0, 0.1) is 0 Å². The van der Waals surface area contributed by atoms with E-state index in [0.29, 0.717) is 29.5 Å². The van der Waals surface area contributed by atoms with E-state index in [1.54, 1.807) is 13.2 Å². The Bertz CT molecular complexity index is 784. The molecule has 0 bridgehead atoms. The molecule has 0 unspecified atom stereocenters. The summed E-state index contributed by atoms with van der Waals surface area (Å²) in [6.07, 6.45) is 2.62. The number of thiophene rings is 1. The second-order valence-corrected chi connectivity index (χ2v) is 7.56. The molecule has 2 aromatic rings. The second-order valence-electron chi connectivity index (χ2n) is 6.61. The third kappa shape index (κ3) is 5.81. The van der Waals surface area contributed by atoms with Crippen molar-refractivity contribution >= 4 is 23.0 Å². The first-order valence-electron chi connectivity index (χ1n) is 9.40. The first kappa shape index (κ1) is 20.4. The standard InChI is InChI=1S/C21H25NO5S/c1-25-19-12-15(6-8-18(19)27-14-16-4-2-10-26-16)13-22-21(24)9-7-17(23)20-5-3-11-28-20/h3,5-6,8,11-12,16H,2,4,7,9-10,13-14H2,1H3,(H,22,24)/t16-/m1/s1. The first-order valence-corrected chi connectivity index (χ1v) is 10.3. The molecule has 1 fully saturated rings. The number of nitrogens with one attached hydrogen (secondary N) is 1. The number of methoxy groups -OCH3 is 1. The molecule has 1 saturated heterocycles. The van der Waals surface area contributed by atoms with E-state index in [1.165, 1.54) is 11.3 Å². The van der Waals surface area contributed by atoms with Crippen molar-refractivity contribution in [2.75, 3.05) is 20.3 Å². The van der Waals surface area contributed by atoms with E-state index in [2.05, 4.69) is 5.32 Å². The van der Waals surface area contributed by atoms with Gasteiger partial charge in [-0.15, -0.1) is 11.3 Å². The van der Waals surface area contributed by atoms with Gasteiger partial charge in [-0.05, 0) is 42.0 Å². The first-order chi connectivity index (χ1) is 13.7. The van der Waals surface area contributed by atoms with Gasteiger partial charge in [0.25, 0.3) is 0 Å². The van der Waals surface area contributed by atoms with Crippen molar-refractivity contribution in [1.29, 1.82) is 0 Å². The minimum Gasteiger partial charge on any atom is -0.493 e. The van der Waals surface area contributed by atoms with Crippen LogP contribution in [0.3, 0.4) is 0 Å². The molecular weight excluding hydrogens is 378 g/mol. The van der Waals surface area contributed by atoms with E-state index < -0.39 is 0 Å². The summed E-state index contributed by atoms with van der Waals surface area (Å²) in [7, 11) is 1.59. The summed E-state index contributed by atoms with van der Waals surface area (Å²) in [6.45, 7) is 1.67. The summed E-state index contributed by atoms with van der Waals surface area (Å²) in [5, 5.41) is 4.70. The molecule has 150 valence electrons. The third-order valence-corrected chi connectivity index (χ3v) is 5.45. The summed E-state index contributed by atoms with van der Waals surface area (Å²) >= 11 is 1.40. The van der Waals surface area contributed by atoms with Crippen molar-refractivity contribution < 1.29 is 23.8 Å². The fourth-order valence-corrected chi connectivity index (χ4v) is 3.67. The van der Waals surface area contributed by atoms with Crippen molar-refractivity contribution in [3.8, 4) is 11.5 Å². The van der Waals surface area contributed by atoms with Crippen molar-refractivity contribution in [2.24, 2.45) is 0 Å². The molecule has 6 nitrogen and oxygen atoms in total. The second kappa shape index (κ2) is 10.2. The number of benzene rings is 1. The maximum atomic E-state index is 12.0. The van der Waals surface area contributed by atoms with Gasteiger partial charge in [0.15, 0.2) is 17.3 Å². The Labute approximate surface area is 168 Å². The Morgan fingerprint density at radius 1 is 1.25 bits per heavy atom. The van der Waals surface area contributed by atoms with Crippen LogP contribution in [0.1, 0.15) is 40.9 Å². The summed E-state index contributed by atoms with van der Waals surface area (Å²) in [5.74, 6) is 1.13. The van der Waals surface area contributed by atoms with Crippen LogP contribution in [0.2, 0.25) is 0 Å². The van der Waals surface area contributed by atoms with Crippen LogP contribution < -0.4 is 14.8 Å². The van der Waals surface area contributed by atoms with Gasteiger partial charge in [-0.1, -0.05) is 12.1 Å². The maximum Gasteiger partial charge on any atom is 0.220 e. The van der Waals surface area contributed by atoms with Gasteiger partial charge in [0.2, 0.25) is 5.91 Å². The molecule has 1 aliphatic heterocycles. The lowest BCUT2D eigenvalue weighted by atomic mass is 10.1. The highest BCUT2D eigenvalue weighted by Crippen LogP contribution is 2.29. The molecule has 1 N–H and O–H groups in total. The number of ether oxygens (including phenoxy) is 3. The van der Waals surface area contributed by atoms with Crippen molar-refractivity contribution in [3.05, 3.63) is 46.2 Å². The lowest BCUT2D eigenvalue weighted by Crippen LogP contribution is -2.23. The quantitative estimate of drug-likeness (QED) is 0.614. The fourth-order valence-electron chi connectivity index (χ4n) is 2.98. The lowest BCUT2D eigenvalue weighted by molar-refractivity contribution is -0.121. The van der Waals surface area contributed by atoms with Crippen LogP contribution in [0.5, 0.6) is 11.5 Å². The Balaban J connectivity index is 1.45. The number of hydrogen-bond acceptors (Lipinski definition) is 6. The third-order valence-electron chi connectivity index (χ3n) is 4.54. The van der Waals surface area contributed by atoms with E-state index in [1.807, 2.05) is 29.6 Å². The van der Waals surface area contributed by atoms with Crippen LogP contribution >= 0.6 is 11.3 Å². The molecule has 3 rings (SSSR count). The minimum absolute atomic E-state index is 0.000404. The largest absolute Gasteiger partial charge is 0.493 e. The fraction of sp³-hybridized carbons (Fsp3) is 0.429. The zero-order valence-electron chi connectivity index (χ0n) is 15.9. The number of amides is 1. The van der Waals surface area contributed by atoms with Crippen LogP contribution in [0.4, 0.5) is 0 Å². The summed E-state index contributed by atoms with van der Waals surface area (Å²) < 4.78 is 16.8. The van der Waals surface area contributed by atoms with Gasteiger partial charge in [0.05, 0.1) is 18.1 Å². The molecule has 1 aromatic heterocycles. The van der Waals surface area contributed by atoms with Crippen molar-refractivity contribution in [1.82, 2.24) is 5.32 Å². The van der Waals surface area contributed by atoms with Crippen LogP contribution in [0.15, 0.2) is 35.7 Å². The number of carbonyl (C=O) groups excluding carboxylic acids is 2. The maximum absolute atomic E-state index is 12.0. The topological polar surface area (TPSA) is 73.9 Å². The summed E-state index contributed by atoms with van der Waals surface area (Å²) in [5.41, 5.74) is 0.902. The Morgan fingerprint density at radius 2 is 2.14 bits per heavy atom. The van der Waals surface area contributed by atoms with Crippen molar-refractivity contribution in [3.63, 3.8) is 0 Å². The predicted octanol–water partition coefficient (Wildman–Crippen LogP) is 3.59. The average Bonchev–Trinajstić information content (AvgIpc) is 3.43. The molecule has 7 heteroatoms. The molecular formula is C21H25NO5S. The van der Waals surface area contributed by atoms with E-state index >= 15 is 0 Å². The number of ketones is 1. The highest BCUT2D eigenvalue weighted by atomic mass is 32.1. The predicted molar refractivity (Wildman–Crippen MR) is 107 cm³/mol. The molecule has 0 aliphatic carbocycles. The van der Waals surface area contributed by atoms with E-state index in [4.69, 9.17) is 14.2 Å². The number of carbonyl (C=O) groups is 2. The number of Topliss-reactive ketones (excluding diaryl/α,β-unsaturated/α-hetero) is 1. The number of hydrogen-bond donors (Lipinski definition) is 1. The Hall–Kier alpha value is -2.38. The summed E-state index contributed by atoms with van der Waals surface area (Å²) in [6, 6.07) is 9.20. The molecule has 1 amide bonds. The van der Waals surface area contributed by atoms with Gasteiger partial charge < -0.3 is 19.5 Å². The van der Waals surface area contributed by atoms with Gasteiger partial charge in [-0.2, -0.15) is 0 Å². The smallest absolute Gasteiger partial charge is 0.220 e. The summed E-state index contributed by atoms with van der Waals surface area (Å²) in [4.78, 5) is 24.7. The molecule has 0 radical (unpaired) electrons. The molecule has 1 aliphatic rings. The Morgan fingerprint density at radius 3 is 2.86 bits per heavy atom. The van der Waals surface area contributed by atoms with Gasteiger partial charge >= 0.3 is 0 Å². The SMILES string of the molecule is COc1cc(CNC(=O)CCC(=O)c2cccs2)ccc1OC[C@H]1CCCO1. The van der Waals surface area contributed by atoms with Gasteiger partial charge in [-0.25, -0.2) is 0 Å². The normalized spacial score (nSPS) is 16.0. The molecule has 0 spiro atoms. The van der Waals surface area contributed by atoms with Gasteiger partial charge in [0.1, 0.15) is 6.61 Å². The Kier molecular flexibility index (Phi) is 7.45.